The average molecular weight is 301 g/mol. The second-order valence-electron chi connectivity index (χ2n) is 4.77. The predicted molar refractivity (Wildman–Crippen MR) is 82.5 cm³/mol. The number of hydrogen-bond donors (Lipinski definition) is 1. The lowest BCUT2D eigenvalue weighted by Crippen LogP contribution is -2.08. The normalized spacial score (nSPS) is 11.7. The summed E-state index contributed by atoms with van der Waals surface area (Å²) in [6.07, 6.45) is 3.33. The third kappa shape index (κ3) is 3.75. The van der Waals surface area contributed by atoms with E-state index in [0.717, 1.165) is 11.1 Å². The van der Waals surface area contributed by atoms with Gasteiger partial charge in [-0.05, 0) is 42.3 Å². The van der Waals surface area contributed by atoms with Gasteiger partial charge in [0, 0.05) is 18.3 Å². The number of carboxylic acid groups (broad SMARTS) is 1. The number of ether oxygens (including phenoxy) is 2. The van der Waals surface area contributed by atoms with Gasteiger partial charge in [0.15, 0.2) is 11.5 Å². The van der Waals surface area contributed by atoms with Crippen LogP contribution >= 0.6 is 0 Å². The first-order valence-corrected chi connectivity index (χ1v) is 7.08. The van der Waals surface area contributed by atoms with Crippen LogP contribution in [0.25, 0.3) is 0 Å². The Balaban J connectivity index is 2.43. The smallest absolute Gasteiger partial charge is 0.304 e. The maximum Gasteiger partial charge on any atom is 0.304 e. The lowest BCUT2D eigenvalue weighted by Gasteiger charge is -2.18. The Hall–Kier alpha value is -2.56. The number of carbonyl (C=O) groups is 1. The number of carboxylic acids is 1. The molecule has 1 heterocycles. The Morgan fingerprint density at radius 3 is 2.50 bits per heavy atom. The summed E-state index contributed by atoms with van der Waals surface area (Å²) in [4.78, 5) is 15.2. The third-order valence-corrected chi connectivity index (χ3v) is 3.38. The molecule has 0 aliphatic heterocycles. The predicted octanol–water partition coefficient (Wildman–Crippen LogP) is 3.10. The number of pyridine rings is 1. The topological polar surface area (TPSA) is 68.7 Å². The molecule has 1 aromatic carbocycles. The molecule has 0 saturated heterocycles. The molecule has 1 unspecified atom stereocenters. The summed E-state index contributed by atoms with van der Waals surface area (Å²) in [5.74, 6) is 0.141. The van der Waals surface area contributed by atoms with E-state index >= 15 is 0 Å². The zero-order chi connectivity index (χ0) is 15.9. The minimum atomic E-state index is -0.851. The lowest BCUT2D eigenvalue weighted by atomic mass is 9.89. The quantitative estimate of drug-likeness (QED) is 0.851. The highest BCUT2D eigenvalue weighted by Gasteiger charge is 2.19. The molecule has 22 heavy (non-hydrogen) atoms. The summed E-state index contributed by atoms with van der Waals surface area (Å²) in [5.41, 5.74) is 1.78. The van der Waals surface area contributed by atoms with Crippen LogP contribution in [-0.2, 0) is 4.79 Å². The van der Waals surface area contributed by atoms with Gasteiger partial charge >= 0.3 is 5.97 Å². The second-order valence-corrected chi connectivity index (χ2v) is 4.77. The molecule has 2 rings (SSSR count). The number of benzene rings is 1. The van der Waals surface area contributed by atoms with Gasteiger partial charge in [-0.15, -0.1) is 0 Å². The number of rotatable bonds is 7. The van der Waals surface area contributed by atoms with E-state index in [1.54, 1.807) is 25.6 Å². The SMILES string of the molecule is CCOc1cc(C(CC(=O)O)c2ccncc2)ccc1OC. The van der Waals surface area contributed by atoms with E-state index in [0.29, 0.717) is 18.1 Å². The van der Waals surface area contributed by atoms with Crippen molar-refractivity contribution in [3.05, 3.63) is 53.9 Å². The van der Waals surface area contributed by atoms with Crippen molar-refractivity contribution in [3.63, 3.8) is 0 Å². The van der Waals surface area contributed by atoms with Gasteiger partial charge in [-0.3, -0.25) is 9.78 Å². The van der Waals surface area contributed by atoms with E-state index in [1.165, 1.54) is 0 Å². The molecule has 0 fully saturated rings. The van der Waals surface area contributed by atoms with Gasteiger partial charge in [-0.2, -0.15) is 0 Å². The largest absolute Gasteiger partial charge is 0.493 e. The van der Waals surface area contributed by atoms with Crippen LogP contribution in [0, 0.1) is 0 Å². The Bertz CT molecular complexity index is 628. The van der Waals surface area contributed by atoms with Crippen molar-refractivity contribution < 1.29 is 19.4 Å². The van der Waals surface area contributed by atoms with E-state index in [2.05, 4.69) is 4.98 Å². The molecule has 1 aromatic heterocycles. The third-order valence-electron chi connectivity index (χ3n) is 3.38. The number of nitrogens with zero attached hydrogens (tertiary/aromatic N) is 1. The molecule has 0 bridgehead atoms. The molecule has 0 saturated carbocycles. The Labute approximate surface area is 129 Å². The molecular weight excluding hydrogens is 282 g/mol. The molecule has 116 valence electrons. The Morgan fingerprint density at radius 2 is 1.91 bits per heavy atom. The second kappa shape index (κ2) is 7.45. The molecule has 1 N–H and O–H groups in total. The van der Waals surface area contributed by atoms with Crippen LogP contribution in [0.5, 0.6) is 11.5 Å². The van der Waals surface area contributed by atoms with E-state index in [4.69, 9.17) is 9.47 Å². The zero-order valence-electron chi connectivity index (χ0n) is 12.7. The number of aliphatic carboxylic acids is 1. The first-order chi connectivity index (χ1) is 10.7. The van der Waals surface area contributed by atoms with Crippen LogP contribution in [0.1, 0.15) is 30.4 Å². The highest BCUT2D eigenvalue weighted by atomic mass is 16.5. The van der Waals surface area contributed by atoms with Gasteiger partial charge in [-0.25, -0.2) is 0 Å². The van der Waals surface area contributed by atoms with Crippen molar-refractivity contribution in [3.8, 4) is 11.5 Å². The molecule has 2 aromatic rings. The number of aromatic nitrogens is 1. The highest BCUT2D eigenvalue weighted by molar-refractivity contribution is 5.69. The lowest BCUT2D eigenvalue weighted by molar-refractivity contribution is -0.137. The van der Waals surface area contributed by atoms with Crippen LogP contribution in [0.3, 0.4) is 0 Å². The van der Waals surface area contributed by atoms with E-state index < -0.39 is 5.97 Å². The average Bonchev–Trinajstić information content (AvgIpc) is 2.53. The first-order valence-electron chi connectivity index (χ1n) is 7.08. The molecule has 5 nitrogen and oxygen atoms in total. The standard InChI is InChI=1S/C17H19NO4/c1-3-22-16-10-13(4-5-15(16)21-2)14(11-17(19)20)12-6-8-18-9-7-12/h4-10,14H,3,11H2,1-2H3,(H,19,20). The monoisotopic (exact) mass is 301 g/mol. The van der Waals surface area contributed by atoms with Crippen LogP contribution in [0.4, 0.5) is 0 Å². The molecule has 0 radical (unpaired) electrons. The van der Waals surface area contributed by atoms with Crippen LogP contribution in [-0.4, -0.2) is 29.8 Å². The summed E-state index contributed by atoms with van der Waals surface area (Å²) < 4.78 is 10.8. The maximum absolute atomic E-state index is 11.2. The summed E-state index contributed by atoms with van der Waals surface area (Å²) >= 11 is 0. The molecule has 5 heteroatoms. The summed E-state index contributed by atoms with van der Waals surface area (Å²) in [5, 5.41) is 9.21. The van der Waals surface area contributed by atoms with Gasteiger partial charge in [0.05, 0.1) is 20.1 Å². The zero-order valence-corrected chi connectivity index (χ0v) is 12.7. The summed E-state index contributed by atoms with van der Waals surface area (Å²) in [6, 6.07) is 9.18. The Morgan fingerprint density at radius 1 is 1.18 bits per heavy atom. The van der Waals surface area contributed by atoms with E-state index in [9.17, 15) is 9.90 Å². The van der Waals surface area contributed by atoms with Crippen molar-refractivity contribution in [2.75, 3.05) is 13.7 Å². The van der Waals surface area contributed by atoms with Gasteiger partial charge in [0.25, 0.3) is 0 Å². The van der Waals surface area contributed by atoms with Gasteiger partial charge < -0.3 is 14.6 Å². The molecule has 0 spiro atoms. The van der Waals surface area contributed by atoms with Gasteiger partial charge in [0.2, 0.25) is 0 Å². The molecule has 0 aliphatic rings. The van der Waals surface area contributed by atoms with Crippen LogP contribution < -0.4 is 9.47 Å². The molecule has 1 atom stereocenters. The fourth-order valence-corrected chi connectivity index (χ4v) is 2.38. The molecule has 0 aliphatic carbocycles. The molecular formula is C17H19NO4. The van der Waals surface area contributed by atoms with Gasteiger partial charge in [-0.1, -0.05) is 6.07 Å². The van der Waals surface area contributed by atoms with Crippen LogP contribution in [0.2, 0.25) is 0 Å². The summed E-state index contributed by atoms with van der Waals surface area (Å²) in [6.45, 7) is 2.41. The fraction of sp³-hybridized carbons (Fsp3) is 0.294. The van der Waals surface area contributed by atoms with Crippen molar-refractivity contribution in [1.82, 2.24) is 4.98 Å². The maximum atomic E-state index is 11.2. The van der Waals surface area contributed by atoms with Crippen molar-refractivity contribution >= 4 is 5.97 Å². The minimum Gasteiger partial charge on any atom is -0.493 e. The van der Waals surface area contributed by atoms with Crippen molar-refractivity contribution in [2.24, 2.45) is 0 Å². The number of methoxy groups -OCH3 is 1. The Kier molecular flexibility index (Phi) is 5.36. The van der Waals surface area contributed by atoms with Gasteiger partial charge in [0.1, 0.15) is 0 Å². The van der Waals surface area contributed by atoms with Crippen molar-refractivity contribution in [2.45, 2.75) is 19.3 Å². The fourth-order valence-electron chi connectivity index (χ4n) is 2.38. The number of hydrogen-bond acceptors (Lipinski definition) is 4. The van der Waals surface area contributed by atoms with E-state index in [1.807, 2.05) is 31.2 Å². The highest BCUT2D eigenvalue weighted by Crippen LogP contribution is 2.35. The minimum absolute atomic E-state index is 0.00189. The molecule has 0 amide bonds. The van der Waals surface area contributed by atoms with Crippen LogP contribution in [0.15, 0.2) is 42.7 Å². The van der Waals surface area contributed by atoms with Crippen molar-refractivity contribution in [1.29, 1.82) is 0 Å². The first kappa shape index (κ1) is 15.8. The van der Waals surface area contributed by atoms with E-state index in [-0.39, 0.29) is 12.3 Å². The summed E-state index contributed by atoms with van der Waals surface area (Å²) in [7, 11) is 1.58.